The molecule has 0 amide bonds. The first kappa shape index (κ1) is 11.3. The Morgan fingerprint density at radius 1 is 1.38 bits per heavy atom. The van der Waals surface area contributed by atoms with Gasteiger partial charge in [0.05, 0.1) is 12.6 Å². The molecule has 1 unspecified atom stereocenters. The lowest BCUT2D eigenvalue weighted by Crippen LogP contribution is -2.23. The average Bonchev–Trinajstić information content (AvgIpc) is 2.84. The van der Waals surface area contributed by atoms with Crippen LogP contribution in [0, 0.1) is 0 Å². The number of rotatable bonds is 5. The summed E-state index contributed by atoms with van der Waals surface area (Å²) >= 11 is 1.71. The Morgan fingerprint density at radius 3 is 2.94 bits per heavy atom. The maximum Gasteiger partial charge on any atom is 0.0627 e. The van der Waals surface area contributed by atoms with E-state index in [1.54, 1.807) is 23.7 Å². The normalized spacial score (nSPS) is 12.6. The van der Waals surface area contributed by atoms with Crippen molar-refractivity contribution in [3.05, 3.63) is 52.5 Å². The zero-order valence-corrected chi connectivity index (χ0v) is 9.65. The van der Waals surface area contributed by atoms with Gasteiger partial charge in [-0.2, -0.15) is 0 Å². The predicted octanol–water partition coefficient (Wildman–Crippen LogP) is 1.97. The molecular formula is C12H14N2OS. The second-order valence-electron chi connectivity index (χ2n) is 3.48. The summed E-state index contributed by atoms with van der Waals surface area (Å²) in [5.41, 5.74) is 1.02. The van der Waals surface area contributed by atoms with Gasteiger partial charge in [0.2, 0.25) is 0 Å². The highest BCUT2D eigenvalue weighted by Gasteiger charge is 2.09. The van der Waals surface area contributed by atoms with Gasteiger partial charge in [0.1, 0.15) is 0 Å². The molecule has 0 fully saturated rings. The van der Waals surface area contributed by atoms with Crippen molar-refractivity contribution in [2.45, 2.75) is 12.6 Å². The van der Waals surface area contributed by atoms with Crippen LogP contribution in [0.25, 0.3) is 0 Å². The molecule has 0 aliphatic heterocycles. The van der Waals surface area contributed by atoms with Gasteiger partial charge in [-0.25, -0.2) is 0 Å². The number of aromatic nitrogens is 1. The predicted molar refractivity (Wildman–Crippen MR) is 65.2 cm³/mol. The molecule has 1 atom stereocenters. The highest BCUT2D eigenvalue weighted by atomic mass is 32.1. The van der Waals surface area contributed by atoms with E-state index < -0.39 is 0 Å². The topological polar surface area (TPSA) is 45.1 Å². The second kappa shape index (κ2) is 5.75. The van der Waals surface area contributed by atoms with Crippen molar-refractivity contribution in [3.8, 4) is 0 Å². The van der Waals surface area contributed by atoms with Gasteiger partial charge in [-0.3, -0.25) is 4.98 Å². The van der Waals surface area contributed by atoms with E-state index in [0.717, 1.165) is 12.1 Å². The van der Waals surface area contributed by atoms with Crippen LogP contribution in [0.3, 0.4) is 0 Å². The second-order valence-corrected chi connectivity index (χ2v) is 4.51. The van der Waals surface area contributed by atoms with Crippen molar-refractivity contribution in [2.24, 2.45) is 0 Å². The van der Waals surface area contributed by atoms with Crippen LogP contribution in [-0.4, -0.2) is 16.7 Å². The highest BCUT2D eigenvalue weighted by Crippen LogP contribution is 2.13. The largest absolute Gasteiger partial charge is 0.394 e. The Hall–Kier alpha value is -1.23. The SMILES string of the molecule is OCC(NCc1cccs1)c1cccnc1. The summed E-state index contributed by atoms with van der Waals surface area (Å²) in [6, 6.07) is 7.91. The van der Waals surface area contributed by atoms with Gasteiger partial charge < -0.3 is 10.4 Å². The van der Waals surface area contributed by atoms with Crippen LogP contribution in [0.15, 0.2) is 42.0 Å². The van der Waals surface area contributed by atoms with Gasteiger partial charge in [-0.05, 0) is 23.1 Å². The minimum absolute atomic E-state index is 0.0456. The zero-order valence-electron chi connectivity index (χ0n) is 8.84. The van der Waals surface area contributed by atoms with Crippen molar-refractivity contribution in [1.82, 2.24) is 10.3 Å². The molecule has 0 aliphatic rings. The van der Waals surface area contributed by atoms with E-state index >= 15 is 0 Å². The first-order chi connectivity index (χ1) is 7.90. The Kier molecular flexibility index (Phi) is 4.04. The lowest BCUT2D eigenvalue weighted by atomic mass is 10.1. The smallest absolute Gasteiger partial charge is 0.0627 e. The molecule has 0 saturated heterocycles. The van der Waals surface area contributed by atoms with Crippen molar-refractivity contribution in [3.63, 3.8) is 0 Å². The van der Waals surface area contributed by atoms with E-state index in [9.17, 15) is 5.11 Å². The first-order valence-electron chi connectivity index (χ1n) is 5.16. The number of nitrogens with zero attached hydrogens (tertiary/aromatic N) is 1. The Balaban J connectivity index is 1.96. The van der Waals surface area contributed by atoms with Gasteiger partial charge in [0.25, 0.3) is 0 Å². The molecule has 0 aliphatic carbocycles. The van der Waals surface area contributed by atoms with E-state index in [1.165, 1.54) is 4.88 Å². The molecule has 0 spiro atoms. The highest BCUT2D eigenvalue weighted by molar-refractivity contribution is 7.09. The molecule has 2 rings (SSSR count). The van der Waals surface area contributed by atoms with E-state index in [2.05, 4.69) is 21.7 Å². The zero-order chi connectivity index (χ0) is 11.2. The molecule has 2 N–H and O–H groups in total. The van der Waals surface area contributed by atoms with E-state index in [4.69, 9.17) is 0 Å². The number of hydrogen-bond acceptors (Lipinski definition) is 4. The summed E-state index contributed by atoms with van der Waals surface area (Å²) in [5, 5.41) is 14.7. The summed E-state index contributed by atoms with van der Waals surface area (Å²) < 4.78 is 0. The van der Waals surface area contributed by atoms with Crippen LogP contribution in [0.4, 0.5) is 0 Å². The van der Waals surface area contributed by atoms with Crippen molar-refractivity contribution in [2.75, 3.05) is 6.61 Å². The van der Waals surface area contributed by atoms with Gasteiger partial charge in [-0.15, -0.1) is 11.3 Å². The lowest BCUT2D eigenvalue weighted by Gasteiger charge is -2.15. The van der Waals surface area contributed by atoms with Gasteiger partial charge >= 0.3 is 0 Å². The maximum atomic E-state index is 9.32. The van der Waals surface area contributed by atoms with Crippen molar-refractivity contribution < 1.29 is 5.11 Å². The van der Waals surface area contributed by atoms with Crippen LogP contribution in [0.1, 0.15) is 16.5 Å². The lowest BCUT2D eigenvalue weighted by molar-refractivity contribution is 0.243. The molecule has 84 valence electrons. The van der Waals surface area contributed by atoms with Crippen molar-refractivity contribution >= 4 is 11.3 Å². The van der Waals surface area contributed by atoms with Gasteiger partial charge in [0, 0.05) is 23.8 Å². The molecule has 0 saturated carbocycles. The number of nitrogens with one attached hydrogen (secondary N) is 1. The summed E-state index contributed by atoms with van der Waals surface area (Å²) in [5.74, 6) is 0. The minimum Gasteiger partial charge on any atom is -0.394 e. The average molecular weight is 234 g/mol. The monoisotopic (exact) mass is 234 g/mol. The molecule has 2 aromatic heterocycles. The molecule has 0 bridgehead atoms. The third-order valence-corrected chi connectivity index (χ3v) is 3.25. The molecular weight excluding hydrogens is 220 g/mol. The number of aliphatic hydroxyl groups excluding tert-OH is 1. The molecule has 4 heteroatoms. The first-order valence-corrected chi connectivity index (χ1v) is 6.04. The van der Waals surface area contributed by atoms with Crippen LogP contribution >= 0.6 is 11.3 Å². The Labute approximate surface area is 98.8 Å². The number of aliphatic hydroxyl groups is 1. The summed E-state index contributed by atoms with van der Waals surface area (Å²) in [6.45, 7) is 0.856. The molecule has 3 nitrogen and oxygen atoms in total. The fourth-order valence-electron chi connectivity index (χ4n) is 1.51. The standard InChI is InChI=1S/C12H14N2OS/c15-9-12(10-3-1-5-13-7-10)14-8-11-4-2-6-16-11/h1-7,12,14-15H,8-9H2. The van der Waals surface area contributed by atoms with Crippen LogP contribution in [0.2, 0.25) is 0 Å². The molecule has 0 radical (unpaired) electrons. The molecule has 16 heavy (non-hydrogen) atoms. The minimum atomic E-state index is -0.0456. The summed E-state index contributed by atoms with van der Waals surface area (Å²) in [7, 11) is 0. The quantitative estimate of drug-likeness (QED) is 0.831. The van der Waals surface area contributed by atoms with Crippen LogP contribution in [0.5, 0.6) is 0 Å². The maximum absolute atomic E-state index is 9.32. The van der Waals surface area contributed by atoms with Gasteiger partial charge in [-0.1, -0.05) is 12.1 Å². The van der Waals surface area contributed by atoms with E-state index in [-0.39, 0.29) is 12.6 Å². The molecule has 2 aromatic rings. The molecule has 0 aromatic carbocycles. The molecule has 2 heterocycles. The van der Waals surface area contributed by atoms with Crippen LogP contribution < -0.4 is 5.32 Å². The van der Waals surface area contributed by atoms with Crippen molar-refractivity contribution in [1.29, 1.82) is 0 Å². The Bertz CT molecular complexity index is 402. The van der Waals surface area contributed by atoms with E-state index in [0.29, 0.717) is 0 Å². The number of pyridine rings is 1. The summed E-state index contributed by atoms with van der Waals surface area (Å²) in [4.78, 5) is 5.32. The third-order valence-electron chi connectivity index (χ3n) is 2.37. The fraction of sp³-hybridized carbons (Fsp3) is 0.250. The Morgan fingerprint density at radius 2 is 2.31 bits per heavy atom. The van der Waals surface area contributed by atoms with Gasteiger partial charge in [0.15, 0.2) is 0 Å². The summed E-state index contributed by atoms with van der Waals surface area (Å²) in [6.07, 6.45) is 3.51. The number of thiophene rings is 1. The fourth-order valence-corrected chi connectivity index (χ4v) is 2.16. The number of hydrogen-bond donors (Lipinski definition) is 2. The third kappa shape index (κ3) is 2.88. The van der Waals surface area contributed by atoms with E-state index in [1.807, 2.05) is 18.2 Å². The van der Waals surface area contributed by atoms with Crippen LogP contribution in [-0.2, 0) is 6.54 Å².